The maximum atomic E-state index is 4.31. The molecule has 1 aliphatic heterocycles. The number of hydrogen-bond donors (Lipinski definition) is 1. The lowest BCUT2D eigenvalue weighted by atomic mass is 10.5. The lowest BCUT2D eigenvalue weighted by molar-refractivity contribution is 0.512. The summed E-state index contributed by atoms with van der Waals surface area (Å²) in [6, 6.07) is 0. The van der Waals surface area contributed by atoms with Gasteiger partial charge in [0.05, 0.1) is 5.37 Å². The minimum Gasteiger partial charge on any atom is -0.289 e. The quantitative estimate of drug-likeness (QED) is 0.416. The van der Waals surface area contributed by atoms with Crippen LogP contribution in [-0.2, 0) is 0 Å². The third kappa shape index (κ3) is 1.35. The lowest BCUT2D eigenvalue weighted by Crippen LogP contribution is -2.08. The molecule has 1 aliphatic rings. The largest absolute Gasteiger partial charge is 0.289 e. The van der Waals surface area contributed by atoms with Gasteiger partial charge in [-0.1, -0.05) is 6.92 Å². The lowest BCUT2D eigenvalue weighted by Gasteiger charge is -2.05. The van der Waals surface area contributed by atoms with Crippen LogP contribution in [0.4, 0.5) is 0 Å². The van der Waals surface area contributed by atoms with Crippen molar-refractivity contribution in [3.05, 3.63) is 0 Å². The monoisotopic (exact) mass is 117 g/mol. The van der Waals surface area contributed by atoms with Gasteiger partial charge in [-0.3, -0.25) is 4.90 Å². The Bertz CT molecular complexity index is 61.1. The van der Waals surface area contributed by atoms with Gasteiger partial charge in [-0.15, -0.1) is 0 Å². The molecule has 2 heteroatoms. The minimum absolute atomic E-state index is 0.542. The first-order valence-electron chi connectivity index (χ1n) is 2.76. The highest BCUT2D eigenvalue weighted by atomic mass is 32.1. The number of thiol groups is 1. The van der Waals surface area contributed by atoms with E-state index in [1.165, 1.54) is 19.5 Å². The summed E-state index contributed by atoms with van der Waals surface area (Å²) in [5, 5.41) is 0.542. The molecule has 7 heavy (non-hydrogen) atoms. The van der Waals surface area contributed by atoms with Gasteiger partial charge in [0.2, 0.25) is 0 Å². The van der Waals surface area contributed by atoms with Crippen LogP contribution >= 0.6 is 12.6 Å². The highest BCUT2D eigenvalue weighted by Crippen LogP contribution is 2.15. The maximum absolute atomic E-state index is 4.31. The zero-order valence-corrected chi connectivity index (χ0v) is 5.49. The Morgan fingerprint density at radius 1 is 1.71 bits per heavy atom. The van der Waals surface area contributed by atoms with Gasteiger partial charge in [0.1, 0.15) is 0 Å². The van der Waals surface area contributed by atoms with Gasteiger partial charge in [0.15, 0.2) is 0 Å². The zero-order chi connectivity index (χ0) is 5.28. The highest BCUT2D eigenvalue weighted by Gasteiger charge is 2.22. The van der Waals surface area contributed by atoms with Crippen molar-refractivity contribution in [2.45, 2.75) is 18.7 Å². The fourth-order valence-corrected chi connectivity index (χ4v) is 0.845. The zero-order valence-electron chi connectivity index (χ0n) is 4.59. The smallest absolute Gasteiger partial charge is 0.0526 e. The molecular formula is C5H11NS. The second kappa shape index (κ2) is 2.05. The van der Waals surface area contributed by atoms with Crippen molar-refractivity contribution in [1.29, 1.82) is 0 Å². The minimum atomic E-state index is 0.542. The van der Waals surface area contributed by atoms with Crippen molar-refractivity contribution in [2.24, 2.45) is 0 Å². The van der Waals surface area contributed by atoms with Crippen LogP contribution in [0.2, 0.25) is 0 Å². The Hall–Kier alpha value is 0.310. The van der Waals surface area contributed by atoms with Crippen molar-refractivity contribution in [1.82, 2.24) is 4.90 Å². The molecular weight excluding hydrogens is 106 g/mol. The molecule has 42 valence electrons. The van der Waals surface area contributed by atoms with E-state index in [4.69, 9.17) is 0 Å². The first-order valence-corrected chi connectivity index (χ1v) is 3.28. The van der Waals surface area contributed by atoms with Gasteiger partial charge in [0, 0.05) is 13.1 Å². The summed E-state index contributed by atoms with van der Waals surface area (Å²) < 4.78 is 0. The first kappa shape index (κ1) is 5.45. The van der Waals surface area contributed by atoms with Crippen molar-refractivity contribution in [2.75, 3.05) is 13.1 Å². The van der Waals surface area contributed by atoms with E-state index >= 15 is 0 Å². The molecule has 1 heterocycles. The SMILES string of the molecule is CCC(S)N1CC1. The van der Waals surface area contributed by atoms with Gasteiger partial charge >= 0.3 is 0 Å². The van der Waals surface area contributed by atoms with Gasteiger partial charge in [-0.05, 0) is 6.42 Å². The van der Waals surface area contributed by atoms with Gasteiger partial charge in [0.25, 0.3) is 0 Å². The summed E-state index contributed by atoms with van der Waals surface area (Å²) in [5.74, 6) is 0. The second-order valence-corrected chi connectivity index (χ2v) is 2.52. The normalized spacial score (nSPS) is 24.9. The predicted octanol–water partition coefficient (Wildman–Crippen LogP) is 0.968. The van der Waals surface area contributed by atoms with E-state index in [2.05, 4.69) is 24.5 Å². The summed E-state index contributed by atoms with van der Waals surface area (Å²) in [5.41, 5.74) is 0. The number of rotatable bonds is 2. The van der Waals surface area contributed by atoms with Crippen LogP contribution in [-0.4, -0.2) is 23.4 Å². The predicted molar refractivity (Wildman–Crippen MR) is 34.6 cm³/mol. The van der Waals surface area contributed by atoms with Crippen molar-refractivity contribution in [3.8, 4) is 0 Å². The standard InChI is InChI=1S/C5H11NS/c1-2-5(7)6-3-4-6/h5,7H,2-4H2,1H3. The maximum Gasteiger partial charge on any atom is 0.0526 e. The molecule has 0 spiro atoms. The topological polar surface area (TPSA) is 3.01 Å². The summed E-state index contributed by atoms with van der Waals surface area (Å²) in [7, 11) is 0. The molecule has 0 radical (unpaired) electrons. The molecule has 1 atom stereocenters. The Kier molecular flexibility index (Phi) is 1.60. The van der Waals surface area contributed by atoms with Crippen molar-refractivity contribution < 1.29 is 0 Å². The molecule has 1 rings (SSSR count). The molecule has 0 saturated carbocycles. The fourth-order valence-electron chi connectivity index (χ4n) is 0.614. The van der Waals surface area contributed by atoms with E-state index < -0.39 is 0 Å². The van der Waals surface area contributed by atoms with Gasteiger partial charge in [-0.2, -0.15) is 12.6 Å². The van der Waals surface area contributed by atoms with Crippen LogP contribution in [0.15, 0.2) is 0 Å². The average Bonchev–Trinajstić information content (AvgIpc) is 2.44. The van der Waals surface area contributed by atoms with Crippen molar-refractivity contribution >= 4 is 12.6 Å². The van der Waals surface area contributed by atoms with E-state index in [0.29, 0.717) is 5.37 Å². The number of nitrogens with zero attached hydrogens (tertiary/aromatic N) is 1. The van der Waals surface area contributed by atoms with Crippen molar-refractivity contribution in [3.63, 3.8) is 0 Å². The summed E-state index contributed by atoms with van der Waals surface area (Å²) in [4.78, 5) is 2.34. The molecule has 0 aromatic heterocycles. The third-order valence-electron chi connectivity index (χ3n) is 1.27. The molecule has 0 aromatic carbocycles. The van der Waals surface area contributed by atoms with E-state index in [9.17, 15) is 0 Å². The average molecular weight is 117 g/mol. The Labute approximate surface area is 50.1 Å². The van der Waals surface area contributed by atoms with E-state index in [1.807, 2.05) is 0 Å². The van der Waals surface area contributed by atoms with Crippen LogP contribution in [0, 0.1) is 0 Å². The molecule has 0 aromatic rings. The molecule has 0 bridgehead atoms. The van der Waals surface area contributed by atoms with Gasteiger partial charge in [-0.25, -0.2) is 0 Å². The molecule has 1 fully saturated rings. The Balaban J connectivity index is 2.10. The summed E-state index contributed by atoms with van der Waals surface area (Å²) >= 11 is 4.31. The fraction of sp³-hybridized carbons (Fsp3) is 1.00. The second-order valence-electron chi connectivity index (χ2n) is 1.92. The molecule has 1 unspecified atom stereocenters. The molecule has 1 saturated heterocycles. The Morgan fingerprint density at radius 3 is 2.43 bits per heavy atom. The van der Waals surface area contributed by atoms with E-state index in [1.54, 1.807) is 0 Å². The molecule has 0 N–H and O–H groups in total. The van der Waals surface area contributed by atoms with Crippen LogP contribution in [0.3, 0.4) is 0 Å². The molecule has 0 amide bonds. The van der Waals surface area contributed by atoms with Crippen LogP contribution in [0.1, 0.15) is 13.3 Å². The highest BCUT2D eigenvalue weighted by molar-refractivity contribution is 7.80. The third-order valence-corrected chi connectivity index (χ3v) is 1.96. The molecule has 0 aliphatic carbocycles. The first-order chi connectivity index (χ1) is 3.34. The van der Waals surface area contributed by atoms with Crippen LogP contribution in [0.5, 0.6) is 0 Å². The van der Waals surface area contributed by atoms with Gasteiger partial charge < -0.3 is 0 Å². The van der Waals surface area contributed by atoms with Crippen LogP contribution < -0.4 is 0 Å². The Morgan fingerprint density at radius 2 is 2.29 bits per heavy atom. The van der Waals surface area contributed by atoms with E-state index in [-0.39, 0.29) is 0 Å². The summed E-state index contributed by atoms with van der Waals surface area (Å²) in [6.07, 6.45) is 1.17. The summed E-state index contributed by atoms with van der Waals surface area (Å²) in [6.45, 7) is 4.69. The number of hydrogen-bond acceptors (Lipinski definition) is 2. The van der Waals surface area contributed by atoms with E-state index in [0.717, 1.165) is 0 Å². The van der Waals surface area contributed by atoms with Crippen LogP contribution in [0.25, 0.3) is 0 Å². The molecule has 1 nitrogen and oxygen atoms in total.